The topological polar surface area (TPSA) is 82.7 Å². The summed E-state index contributed by atoms with van der Waals surface area (Å²) in [6.45, 7) is 2.19. The molecule has 2 aliphatic heterocycles. The van der Waals surface area contributed by atoms with E-state index in [1.54, 1.807) is 31.4 Å². The number of fused-ring (bicyclic) bond motifs is 1. The molecule has 0 radical (unpaired) electrons. The number of benzene rings is 2. The van der Waals surface area contributed by atoms with E-state index in [9.17, 15) is 14.0 Å². The molecule has 2 saturated heterocycles. The van der Waals surface area contributed by atoms with Crippen LogP contribution in [0.2, 0.25) is 0 Å². The van der Waals surface area contributed by atoms with Gasteiger partial charge in [-0.25, -0.2) is 4.39 Å². The van der Waals surface area contributed by atoms with Crippen molar-refractivity contribution in [1.82, 2.24) is 15.5 Å². The number of rotatable bonds is 7. The predicted molar refractivity (Wildman–Crippen MR) is 123 cm³/mol. The highest BCUT2D eigenvalue weighted by molar-refractivity contribution is 8.00. The Bertz CT molecular complexity index is 959. The van der Waals surface area contributed by atoms with Crippen LogP contribution in [0.3, 0.4) is 0 Å². The van der Waals surface area contributed by atoms with E-state index >= 15 is 0 Å². The van der Waals surface area contributed by atoms with Gasteiger partial charge in [0.2, 0.25) is 11.8 Å². The van der Waals surface area contributed by atoms with E-state index in [-0.39, 0.29) is 40.8 Å². The monoisotopic (exact) mass is 458 g/mol. The highest BCUT2D eigenvalue weighted by atomic mass is 32.2. The number of piperidine rings is 1. The van der Waals surface area contributed by atoms with Crippen LogP contribution in [0.1, 0.15) is 12.0 Å². The number of methoxy groups -OCH3 is 1. The first-order chi connectivity index (χ1) is 15.5. The average Bonchev–Trinajstić information content (AvgIpc) is 2.80. The minimum absolute atomic E-state index is 0.00302. The van der Waals surface area contributed by atoms with Gasteiger partial charge in [-0.1, -0.05) is 18.2 Å². The fraction of sp³-hybridized carbons (Fsp3) is 0.391. The standard InChI is InChI=1S/C23H27FN4O3S/c1-31-18-4-2-3-17(11-18)25-21(29)14-32-23-26-20-9-10-28(13-19(20)22(30)27-23)12-15-5-7-16(24)8-6-15/h2-8,11,19-20,23,26H,9-10,12-14H2,1H3,(H,25,29)(H,27,30). The molecular formula is C23H27FN4O3S. The SMILES string of the molecule is COc1cccc(NC(=O)CSC2NC(=O)C3CN(Cc4ccc(F)cc4)CCC3N2)c1. The molecule has 4 rings (SSSR count). The summed E-state index contributed by atoms with van der Waals surface area (Å²) in [5.41, 5.74) is 1.40. The zero-order valence-corrected chi connectivity index (χ0v) is 18.7. The number of anilines is 1. The van der Waals surface area contributed by atoms with Crippen molar-refractivity contribution in [3.63, 3.8) is 0 Å². The first kappa shape index (κ1) is 22.6. The van der Waals surface area contributed by atoms with Crippen molar-refractivity contribution in [1.29, 1.82) is 0 Å². The second kappa shape index (κ2) is 10.3. The van der Waals surface area contributed by atoms with Crippen molar-refractivity contribution < 1.29 is 18.7 Å². The van der Waals surface area contributed by atoms with Gasteiger partial charge in [-0.15, -0.1) is 11.8 Å². The van der Waals surface area contributed by atoms with Gasteiger partial charge in [0, 0.05) is 37.4 Å². The molecule has 0 spiro atoms. The Labute approximate surface area is 191 Å². The summed E-state index contributed by atoms with van der Waals surface area (Å²) in [6, 6.07) is 13.7. The van der Waals surface area contributed by atoms with Gasteiger partial charge in [0.1, 0.15) is 17.1 Å². The molecule has 170 valence electrons. The van der Waals surface area contributed by atoms with Crippen molar-refractivity contribution in [2.24, 2.45) is 5.92 Å². The summed E-state index contributed by atoms with van der Waals surface area (Å²) in [4.78, 5) is 27.3. The molecule has 32 heavy (non-hydrogen) atoms. The number of nitrogens with one attached hydrogen (secondary N) is 3. The van der Waals surface area contributed by atoms with Crippen LogP contribution in [0.4, 0.5) is 10.1 Å². The van der Waals surface area contributed by atoms with Gasteiger partial charge < -0.3 is 15.4 Å². The molecule has 2 amide bonds. The van der Waals surface area contributed by atoms with Gasteiger partial charge >= 0.3 is 0 Å². The van der Waals surface area contributed by atoms with Gasteiger partial charge in [0.25, 0.3) is 0 Å². The molecule has 3 atom stereocenters. The molecule has 0 saturated carbocycles. The second-order valence-corrected chi connectivity index (χ2v) is 9.10. The average molecular weight is 459 g/mol. The van der Waals surface area contributed by atoms with E-state index in [4.69, 9.17) is 4.74 Å². The lowest BCUT2D eigenvalue weighted by Crippen LogP contribution is -2.64. The zero-order chi connectivity index (χ0) is 22.5. The number of amides is 2. The number of halogens is 1. The van der Waals surface area contributed by atoms with E-state index in [1.165, 1.54) is 23.9 Å². The van der Waals surface area contributed by atoms with Crippen molar-refractivity contribution in [3.8, 4) is 5.75 Å². The van der Waals surface area contributed by atoms with Crippen LogP contribution in [0.5, 0.6) is 5.75 Å². The maximum absolute atomic E-state index is 13.1. The largest absolute Gasteiger partial charge is 0.497 e. The number of carbonyl (C=O) groups is 2. The molecule has 3 N–H and O–H groups in total. The molecule has 2 heterocycles. The molecule has 3 unspecified atom stereocenters. The summed E-state index contributed by atoms with van der Waals surface area (Å²) >= 11 is 1.36. The van der Waals surface area contributed by atoms with Crippen molar-refractivity contribution in [3.05, 3.63) is 59.9 Å². The molecule has 0 aromatic heterocycles. The van der Waals surface area contributed by atoms with Crippen LogP contribution in [-0.2, 0) is 16.1 Å². The van der Waals surface area contributed by atoms with Crippen LogP contribution in [-0.4, -0.2) is 54.2 Å². The molecule has 9 heteroatoms. The minimum atomic E-state index is -0.302. The lowest BCUT2D eigenvalue weighted by Gasteiger charge is -2.43. The Kier molecular flexibility index (Phi) is 7.29. The fourth-order valence-electron chi connectivity index (χ4n) is 4.10. The summed E-state index contributed by atoms with van der Waals surface area (Å²) in [5, 5.41) is 9.30. The third-order valence-corrected chi connectivity index (χ3v) is 6.74. The van der Waals surface area contributed by atoms with Gasteiger partial charge in [-0.05, 0) is 36.2 Å². The normalized spacial score (nSPS) is 23.2. The van der Waals surface area contributed by atoms with Gasteiger partial charge in [0.05, 0.1) is 18.8 Å². The Morgan fingerprint density at radius 1 is 1.28 bits per heavy atom. The number of hydrogen-bond acceptors (Lipinski definition) is 6. The zero-order valence-electron chi connectivity index (χ0n) is 17.8. The summed E-state index contributed by atoms with van der Waals surface area (Å²) < 4.78 is 18.3. The van der Waals surface area contributed by atoms with Gasteiger partial charge in [-0.2, -0.15) is 0 Å². The molecular weight excluding hydrogens is 431 g/mol. The van der Waals surface area contributed by atoms with Gasteiger partial charge in [-0.3, -0.25) is 19.8 Å². The quantitative estimate of drug-likeness (QED) is 0.591. The molecule has 2 fully saturated rings. The van der Waals surface area contributed by atoms with Crippen LogP contribution in [0.25, 0.3) is 0 Å². The number of ether oxygens (including phenoxy) is 1. The number of hydrogen-bond donors (Lipinski definition) is 3. The Morgan fingerprint density at radius 2 is 2.09 bits per heavy atom. The maximum Gasteiger partial charge on any atom is 0.234 e. The van der Waals surface area contributed by atoms with Gasteiger partial charge in [0.15, 0.2) is 0 Å². The predicted octanol–water partition coefficient (Wildman–Crippen LogP) is 2.40. The van der Waals surface area contributed by atoms with Crippen LogP contribution >= 0.6 is 11.8 Å². The van der Waals surface area contributed by atoms with E-state index < -0.39 is 0 Å². The fourth-order valence-corrected chi connectivity index (χ4v) is 4.96. The van der Waals surface area contributed by atoms with Crippen molar-refractivity contribution in [2.45, 2.75) is 24.5 Å². The number of carbonyl (C=O) groups excluding carboxylic acids is 2. The van der Waals surface area contributed by atoms with E-state index in [2.05, 4.69) is 20.9 Å². The Balaban J connectivity index is 1.25. The lowest BCUT2D eigenvalue weighted by atomic mass is 9.89. The molecule has 2 aliphatic rings. The van der Waals surface area contributed by atoms with Crippen molar-refractivity contribution in [2.75, 3.05) is 31.3 Å². The van der Waals surface area contributed by atoms with Crippen LogP contribution in [0, 0.1) is 11.7 Å². The molecule has 2 aromatic rings. The van der Waals surface area contributed by atoms with E-state index in [1.807, 2.05) is 12.1 Å². The summed E-state index contributed by atoms with van der Waals surface area (Å²) in [5.74, 6) is 0.353. The van der Waals surface area contributed by atoms with Crippen LogP contribution in [0.15, 0.2) is 48.5 Å². The lowest BCUT2D eigenvalue weighted by molar-refractivity contribution is -0.130. The number of nitrogens with zero attached hydrogens (tertiary/aromatic N) is 1. The minimum Gasteiger partial charge on any atom is -0.497 e. The second-order valence-electron chi connectivity index (χ2n) is 8.01. The first-order valence-corrected chi connectivity index (χ1v) is 11.6. The third kappa shape index (κ3) is 5.79. The summed E-state index contributed by atoms with van der Waals surface area (Å²) in [7, 11) is 1.58. The van der Waals surface area contributed by atoms with E-state index in [0.717, 1.165) is 18.5 Å². The summed E-state index contributed by atoms with van der Waals surface area (Å²) in [6.07, 6.45) is 0.840. The molecule has 7 nitrogen and oxygen atoms in total. The highest BCUT2D eigenvalue weighted by Gasteiger charge is 2.39. The Hall–Kier alpha value is -2.62. The molecule has 2 aromatic carbocycles. The molecule has 0 bridgehead atoms. The number of thioether (sulfide) groups is 1. The van der Waals surface area contributed by atoms with Crippen molar-refractivity contribution >= 4 is 29.3 Å². The first-order valence-electron chi connectivity index (χ1n) is 10.6. The van der Waals surface area contributed by atoms with E-state index in [0.29, 0.717) is 24.5 Å². The number of likely N-dealkylation sites (tertiary alicyclic amines) is 1. The Morgan fingerprint density at radius 3 is 2.88 bits per heavy atom. The maximum atomic E-state index is 13.1. The molecule has 0 aliphatic carbocycles. The third-order valence-electron chi connectivity index (χ3n) is 5.73. The van der Waals surface area contributed by atoms with Crippen LogP contribution < -0.4 is 20.7 Å². The smallest absolute Gasteiger partial charge is 0.234 e. The highest BCUT2D eigenvalue weighted by Crippen LogP contribution is 2.25.